The average Bonchev–Trinajstić information content (AvgIpc) is 1.90. The molecular weight excluding hydrogens is 108 g/mol. The van der Waals surface area contributed by atoms with Gasteiger partial charge in [0, 0.05) is 25.2 Å². The molecule has 7 heavy (non-hydrogen) atoms. The molecule has 1 rings (SSSR count). The van der Waals surface area contributed by atoms with Gasteiger partial charge >= 0.3 is 0 Å². The van der Waals surface area contributed by atoms with Crippen LogP contribution in [0.5, 0.6) is 0 Å². The first-order valence-corrected chi connectivity index (χ1v) is 3.43. The molecule has 0 atom stereocenters. The molecule has 0 aromatic carbocycles. The number of hydrogen-bond donors (Lipinski definition) is 2. The van der Waals surface area contributed by atoms with Gasteiger partial charge in [-0.05, 0) is 12.8 Å². The van der Waals surface area contributed by atoms with Crippen molar-refractivity contribution in [3.8, 4) is 0 Å². The second-order valence-corrected chi connectivity index (χ2v) is 2.38. The van der Waals surface area contributed by atoms with E-state index >= 15 is 0 Å². The molecule has 2 nitrogen and oxygen atoms in total. The fraction of sp³-hybridized carbons (Fsp3) is 1.00. The second kappa shape index (κ2) is 3.29. The minimum absolute atomic E-state index is 1.15. The first kappa shape index (κ1) is 5.41. The number of rotatable bonds is 0. The average molecular weight is 118 g/mol. The summed E-state index contributed by atoms with van der Waals surface area (Å²) in [7, 11) is 0. The summed E-state index contributed by atoms with van der Waals surface area (Å²) in [6.45, 7) is 2.30. The normalized spacial score (nSPS) is 24.0. The van der Waals surface area contributed by atoms with Crippen molar-refractivity contribution >= 4 is 12.1 Å². The summed E-state index contributed by atoms with van der Waals surface area (Å²) in [5.74, 6) is 0. The van der Waals surface area contributed by atoms with Crippen molar-refractivity contribution in [2.24, 2.45) is 0 Å². The minimum atomic E-state index is 1.15. The standard InChI is InChI=1S/C4H10N2S/c1-2-4-6-7-5-3-1/h5-6H,1-4H2. The van der Waals surface area contributed by atoms with Crippen molar-refractivity contribution in [3.63, 3.8) is 0 Å². The zero-order valence-electron chi connectivity index (χ0n) is 4.24. The molecule has 0 saturated carbocycles. The van der Waals surface area contributed by atoms with Crippen LogP contribution in [0.1, 0.15) is 12.8 Å². The van der Waals surface area contributed by atoms with Crippen LogP contribution in [0.25, 0.3) is 0 Å². The molecule has 0 bridgehead atoms. The Labute approximate surface area is 48.3 Å². The van der Waals surface area contributed by atoms with Crippen LogP contribution < -0.4 is 9.44 Å². The first-order valence-electron chi connectivity index (χ1n) is 2.62. The van der Waals surface area contributed by atoms with Crippen LogP contribution in [-0.4, -0.2) is 13.1 Å². The van der Waals surface area contributed by atoms with Crippen molar-refractivity contribution in [2.75, 3.05) is 13.1 Å². The summed E-state index contributed by atoms with van der Waals surface area (Å²) in [6.07, 6.45) is 2.61. The van der Waals surface area contributed by atoms with E-state index in [1.807, 2.05) is 0 Å². The van der Waals surface area contributed by atoms with Gasteiger partial charge in [0.25, 0.3) is 0 Å². The maximum atomic E-state index is 3.15. The fourth-order valence-corrected chi connectivity index (χ4v) is 1.14. The largest absolute Gasteiger partial charge is 0.251 e. The molecule has 0 radical (unpaired) electrons. The molecule has 1 aliphatic rings. The number of hydrogen-bond acceptors (Lipinski definition) is 3. The van der Waals surface area contributed by atoms with Gasteiger partial charge in [-0.2, -0.15) is 0 Å². The molecule has 0 spiro atoms. The molecule has 0 aromatic heterocycles. The van der Waals surface area contributed by atoms with Crippen LogP contribution in [0.15, 0.2) is 0 Å². The van der Waals surface area contributed by atoms with E-state index in [1.54, 1.807) is 12.1 Å². The molecule has 2 N–H and O–H groups in total. The molecule has 1 heterocycles. The minimum Gasteiger partial charge on any atom is -0.251 e. The van der Waals surface area contributed by atoms with E-state index in [-0.39, 0.29) is 0 Å². The van der Waals surface area contributed by atoms with Gasteiger partial charge in [-0.1, -0.05) is 0 Å². The highest BCUT2D eigenvalue weighted by atomic mass is 32.2. The maximum Gasteiger partial charge on any atom is 0.00709 e. The maximum absolute atomic E-state index is 3.15. The van der Waals surface area contributed by atoms with E-state index in [4.69, 9.17) is 0 Å². The summed E-state index contributed by atoms with van der Waals surface area (Å²) >= 11 is 1.62. The van der Waals surface area contributed by atoms with E-state index in [9.17, 15) is 0 Å². The van der Waals surface area contributed by atoms with Crippen molar-refractivity contribution in [3.05, 3.63) is 0 Å². The van der Waals surface area contributed by atoms with Crippen molar-refractivity contribution in [1.82, 2.24) is 9.44 Å². The Kier molecular flexibility index (Phi) is 2.55. The highest BCUT2D eigenvalue weighted by Gasteiger charge is 1.93. The SMILES string of the molecule is C1CCNSNC1. The van der Waals surface area contributed by atoms with Gasteiger partial charge < -0.3 is 0 Å². The molecule has 0 aliphatic carbocycles. The van der Waals surface area contributed by atoms with Crippen LogP contribution in [0, 0.1) is 0 Å². The van der Waals surface area contributed by atoms with Crippen LogP contribution in [0.4, 0.5) is 0 Å². The Morgan fingerprint density at radius 3 is 2.14 bits per heavy atom. The molecule has 0 aromatic rings. The highest BCUT2D eigenvalue weighted by molar-refractivity contribution is 7.95. The Bertz CT molecular complexity index is 29.3. The predicted octanol–water partition coefficient (Wildman–Crippen LogP) is 0.523. The van der Waals surface area contributed by atoms with E-state index in [1.165, 1.54) is 12.8 Å². The van der Waals surface area contributed by atoms with Crippen LogP contribution in [0.3, 0.4) is 0 Å². The lowest BCUT2D eigenvalue weighted by atomic mass is 10.3. The summed E-state index contributed by atoms with van der Waals surface area (Å²) in [6, 6.07) is 0. The zero-order valence-corrected chi connectivity index (χ0v) is 5.05. The molecule has 0 unspecified atom stereocenters. The predicted molar refractivity (Wildman–Crippen MR) is 32.8 cm³/mol. The number of nitrogens with one attached hydrogen (secondary N) is 2. The topological polar surface area (TPSA) is 24.1 Å². The lowest BCUT2D eigenvalue weighted by Crippen LogP contribution is -2.08. The van der Waals surface area contributed by atoms with Gasteiger partial charge in [-0.3, -0.25) is 9.44 Å². The third-order valence-corrected chi connectivity index (χ3v) is 1.65. The van der Waals surface area contributed by atoms with Gasteiger partial charge in [0.1, 0.15) is 0 Å². The lowest BCUT2D eigenvalue weighted by molar-refractivity contribution is 0.742. The molecule has 1 saturated heterocycles. The van der Waals surface area contributed by atoms with Gasteiger partial charge in [0.2, 0.25) is 0 Å². The fourth-order valence-electron chi connectivity index (χ4n) is 0.547. The van der Waals surface area contributed by atoms with Gasteiger partial charge in [-0.15, -0.1) is 0 Å². The molecule has 42 valence electrons. The summed E-state index contributed by atoms with van der Waals surface area (Å²) < 4.78 is 6.31. The van der Waals surface area contributed by atoms with Crippen LogP contribution in [0.2, 0.25) is 0 Å². The van der Waals surface area contributed by atoms with E-state index < -0.39 is 0 Å². The van der Waals surface area contributed by atoms with Crippen LogP contribution in [-0.2, 0) is 0 Å². The monoisotopic (exact) mass is 118 g/mol. The lowest BCUT2D eigenvalue weighted by Gasteiger charge is -1.92. The second-order valence-electron chi connectivity index (χ2n) is 1.60. The van der Waals surface area contributed by atoms with E-state index in [0.29, 0.717) is 0 Å². The Hall–Kier alpha value is 0.270. The van der Waals surface area contributed by atoms with Crippen LogP contribution >= 0.6 is 12.1 Å². The zero-order chi connectivity index (χ0) is 4.95. The quantitative estimate of drug-likeness (QED) is 0.453. The Balaban J connectivity index is 2.04. The van der Waals surface area contributed by atoms with Crippen molar-refractivity contribution < 1.29 is 0 Å². The molecule has 3 heteroatoms. The van der Waals surface area contributed by atoms with Gasteiger partial charge in [0.15, 0.2) is 0 Å². The van der Waals surface area contributed by atoms with Gasteiger partial charge in [-0.25, -0.2) is 0 Å². The Morgan fingerprint density at radius 1 is 1.00 bits per heavy atom. The third-order valence-electron chi connectivity index (χ3n) is 0.952. The summed E-state index contributed by atoms with van der Waals surface area (Å²) in [5, 5.41) is 0. The summed E-state index contributed by atoms with van der Waals surface area (Å²) in [4.78, 5) is 0. The molecule has 1 fully saturated rings. The van der Waals surface area contributed by atoms with E-state index in [2.05, 4.69) is 9.44 Å². The molecular formula is C4H10N2S. The highest BCUT2D eigenvalue weighted by Crippen LogP contribution is 1.95. The smallest absolute Gasteiger partial charge is 0.00709 e. The first-order chi connectivity index (χ1) is 3.50. The van der Waals surface area contributed by atoms with E-state index in [0.717, 1.165) is 13.1 Å². The third kappa shape index (κ3) is 2.16. The molecule has 0 amide bonds. The summed E-state index contributed by atoms with van der Waals surface area (Å²) in [5.41, 5.74) is 0. The van der Waals surface area contributed by atoms with Crippen molar-refractivity contribution in [1.29, 1.82) is 0 Å². The Morgan fingerprint density at radius 2 is 1.57 bits per heavy atom. The molecule has 1 aliphatic heterocycles. The van der Waals surface area contributed by atoms with Crippen molar-refractivity contribution in [2.45, 2.75) is 12.8 Å². The van der Waals surface area contributed by atoms with Gasteiger partial charge in [0.05, 0.1) is 0 Å².